The van der Waals surface area contributed by atoms with Crippen LogP contribution in [-0.4, -0.2) is 25.5 Å². The maximum absolute atomic E-state index is 10.9. The van der Waals surface area contributed by atoms with Crippen LogP contribution in [0.25, 0.3) is 0 Å². The van der Waals surface area contributed by atoms with Gasteiger partial charge in [-0.2, -0.15) is 0 Å². The molecule has 0 aliphatic carbocycles. The Kier molecular flexibility index (Phi) is 7.41. The zero-order chi connectivity index (χ0) is 9.23. The molecule has 0 rings (SSSR count). The third-order valence-corrected chi connectivity index (χ3v) is 1.33. The molecule has 0 spiro atoms. The van der Waals surface area contributed by atoms with E-state index in [0.29, 0.717) is 13.1 Å². The lowest BCUT2D eigenvalue weighted by Crippen LogP contribution is -2.33. The lowest BCUT2D eigenvalue weighted by Gasteiger charge is -2.02. The molecule has 1 amide bonds. The molecule has 0 fully saturated rings. The van der Waals surface area contributed by atoms with Crippen molar-refractivity contribution in [2.45, 2.75) is 19.8 Å². The van der Waals surface area contributed by atoms with Crippen LogP contribution in [0, 0.1) is 12.3 Å². The molecule has 0 aromatic heterocycles. The highest BCUT2D eigenvalue weighted by atomic mass is 16.1. The fourth-order valence-electron chi connectivity index (χ4n) is 0.777. The Morgan fingerprint density at radius 3 is 2.92 bits per heavy atom. The van der Waals surface area contributed by atoms with E-state index in [2.05, 4.69) is 16.6 Å². The standard InChI is InChI=1S/C9H16N2O/c1-3-5-6-7-10-8-9(12)11-4-2/h1,10H,4-8H2,2H3,(H,11,12). The molecule has 0 saturated heterocycles. The highest BCUT2D eigenvalue weighted by molar-refractivity contribution is 5.77. The third-order valence-electron chi connectivity index (χ3n) is 1.33. The monoisotopic (exact) mass is 168 g/mol. The number of carbonyl (C=O) groups is 1. The molecule has 0 aromatic rings. The Balaban J connectivity index is 3.09. The number of unbranched alkanes of at least 4 members (excludes halogenated alkanes) is 1. The number of terminal acetylenes is 1. The Bertz CT molecular complexity index is 160. The molecule has 0 aliphatic heterocycles. The molecule has 0 bridgehead atoms. The largest absolute Gasteiger partial charge is 0.355 e. The molecule has 68 valence electrons. The van der Waals surface area contributed by atoms with Gasteiger partial charge in [-0.15, -0.1) is 12.3 Å². The number of carbonyl (C=O) groups excluding carboxylic acids is 1. The summed E-state index contributed by atoms with van der Waals surface area (Å²) >= 11 is 0. The third kappa shape index (κ3) is 7.10. The Hall–Kier alpha value is -1.01. The van der Waals surface area contributed by atoms with Crippen LogP contribution >= 0.6 is 0 Å². The van der Waals surface area contributed by atoms with Crippen LogP contribution in [0.3, 0.4) is 0 Å². The predicted octanol–water partition coefficient (Wildman–Crippen LogP) is 0.125. The average Bonchev–Trinajstić information content (AvgIpc) is 2.05. The van der Waals surface area contributed by atoms with Crippen molar-refractivity contribution >= 4 is 5.91 Å². The van der Waals surface area contributed by atoms with E-state index in [0.717, 1.165) is 19.4 Å². The molecule has 0 atom stereocenters. The highest BCUT2D eigenvalue weighted by Crippen LogP contribution is 1.81. The van der Waals surface area contributed by atoms with Crippen LogP contribution < -0.4 is 10.6 Å². The van der Waals surface area contributed by atoms with Gasteiger partial charge in [-0.25, -0.2) is 0 Å². The summed E-state index contributed by atoms with van der Waals surface area (Å²) in [5.74, 6) is 2.58. The maximum Gasteiger partial charge on any atom is 0.233 e. The minimum absolute atomic E-state index is 0.0400. The Morgan fingerprint density at radius 1 is 1.58 bits per heavy atom. The summed E-state index contributed by atoms with van der Waals surface area (Å²) in [7, 11) is 0. The topological polar surface area (TPSA) is 41.1 Å². The second-order valence-electron chi connectivity index (χ2n) is 2.44. The molecule has 0 saturated carbocycles. The van der Waals surface area contributed by atoms with Gasteiger partial charge in [-0.05, 0) is 19.9 Å². The normalized spacial score (nSPS) is 9.00. The molecule has 0 aliphatic rings. The lowest BCUT2D eigenvalue weighted by molar-refractivity contribution is -0.120. The number of rotatable bonds is 6. The van der Waals surface area contributed by atoms with Gasteiger partial charge >= 0.3 is 0 Å². The molecule has 0 unspecified atom stereocenters. The first-order valence-corrected chi connectivity index (χ1v) is 4.22. The van der Waals surface area contributed by atoms with Crippen LogP contribution in [0.2, 0.25) is 0 Å². The van der Waals surface area contributed by atoms with E-state index in [-0.39, 0.29) is 5.91 Å². The summed E-state index contributed by atoms with van der Waals surface area (Å²) in [6.45, 7) is 3.78. The van der Waals surface area contributed by atoms with Crippen molar-refractivity contribution in [1.29, 1.82) is 0 Å². The highest BCUT2D eigenvalue weighted by Gasteiger charge is 1.95. The van der Waals surface area contributed by atoms with E-state index in [1.165, 1.54) is 0 Å². The first kappa shape index (κ1) is 11.0. The van der Waals surface area contributed by atoms with Crippen molar-refractivity contribution < 1.29 is 4.79 Å². The van der Waals surface area contributed by atoms with Gasteiger partial charge in [0.05, 0.1) is 6.54 Å². The zero-order valence-electron chi connectivity index (χ0n) is 7.52. The maximum atomic E-state index is 10.9. The summed E-state index contributed by atoms with van der Waals surface area (Å²) in [6, 6.07) is 0. The van der Waals surface area contributed by atoms with Crippen LogP contribution in [0.4, 0.5) is 0 Å². The second kappa shape index (κ2) is 8.09. The molecule has 0 aromatic carbocycles. The number of nitrogens with one attached hydrogen (secondary N) is 2. The van der Waals surface area contributed by atoms with Gasteiger partial charge in [0.2, 0.25) is 5.91 Å². The molecule has 0 heterocycles. The van der Waals surface area contributed by atoms with Crippen molar-refractivity contribution in [3.8, 4) is 12.3 Å². The van der Waals surface area contributed by atoms with Gasteiger partial charge < -0.3 is 10.6 Å². The van der Waals surface area contributed by atoms with Gasteiger partial charge in [-0.1, -0.05) is 0 Å². The van der Waals surface area contributed by atoms with Crippen LogP contribution in [0.1, 0.15) is 19.8 Å². The summed E-state index contributed by atoms with van der Waals surface area (Å²) in [5.41, 5.74) is 0. The van der Waals surface area contributed by atoms with Gasteiger partial charge in [-0.3, -0.25) is 4.79 Å². The fraction of sp³-hybridized carbons (Fsp3) is 0.667. The number of likely N-dealkylation sites (N-methyl/N-ethyl adjacent to an activating group) is 1. The first-order valence-electron chi connectivity index (χ1n) is 4.22. The zero-order valence-corrected chi connectivity index (χ0v) is 7.52. The summed E-state index contributed by atoms with van der Waals surface area (Å²) in [5, 5.41) is 5.69. The van der Waals surface area contributed by atoms with Crippen molar-refractivity contribution in [2.75, 3.05) is 19.6 Å². The van der Waals surface area contributed by atoms with E-state index >= 15 is 0 Å². The van der Waals surface area contributed by atoms with Gasteiger partial charge in [0.1, 0.15) is 0 Å². The van der Waals surface area contributed by atoms with Crippen LogP contribution in [-0.2, 0) is 4.79 Å². The summed E-state index contributed by atoms with van der Waals surface area (Å²) < 4.78 is 0. The molecular formula is C9H16N2O. The van der Waals surface area contributed by atoms with Gasteiger partial charge in [0.15, 0.2) is 0 Å². The smallest absolute Gasteiger partial charge is 0.233 e. The van der Waals surface area contributed by atoms with E-state index in [4.69, 9.17) is 6.42 Å². The van der Waals surface area contributed by atoms with E-state index in [9.17, 15) is 4.79 Å². The van der Waals surface area contributed by atoms with E-state index in [1.807, 2.05) is 6.92 Å². The molecule has 12 heavy (non-hydrogen) atoms. The molecular weight excluding hydrogens is 152 g/mol. The number of hydrogen-bond acceptors (Lipinski definition) is 2. The molecule has 3 nitrogen and oxygen atoms in total. The first-order chi connectivity index (χ1) is 5.81. The Morgan fingerprint density at radius 2 is 2.33 bits per heavy atom. The average molecular weight is 168 g/mol. The fourth-order valence-corrected chi connectivity index (χ4v) is 0.777. The van der Waals surface area contributed by atoms with Crippen molar-refractivity contribution in [2.24, 2.45) is 0 Å². The molecule has 2 N–H and O–H groups in total. The quantitative estimate of drug-likeness (QED) is 0.437. The Labute approximate surface area is 73.9 Å². The number of hydrogen-bond donors (Lipinski definition) is 2. The van der Waals surface area contributed by atoms with Gasteiger partial charge in [0, 0.05) is 13.0 Å². The number of amides is 1. The van der Waals surface area contributed by atoms with E-state index in [1.54, 1.807) is 0 Å². The van der Waals surface area contributed by atoms with Crippen LogP contribution in [0.5, 0.6) is 0 Å². The van der Waals surface area contributed by atoms with Crippen LogP contribution in [0.15, 0.2) is 0 Å². The lowest BCUT2D eigenvalue weighted by atomic mass is 10.3. The minimum Gasteiger partial charge on any atom is -0.355 e. The minimum atomic E-state index is 0.0400. The van der Waals surface area contributed by atoms with Gasteiger partial charge in [0.25, 0.3) is 0 Å². The summed E-state index contributed by atoms with van der Waals surface area (Å²) in [6.07, 6.45) is 6.75. The van der Waals surface area contributed by atoms with Crippen molar-refractivity contribution in [1.82, 2.24) is 10.6 Å². The van der Waals surface area contributed by atoms with Crippen molar-refractivity contribution in [3.05, 3.63) is 0 Å². The summed E-state index contributed by atoms with van der Waals surface area (Å²) in [4.78, 5) is 10.9. The SMILES string of the molecule is C#CCCCNCC(=O)NCC. The molecule has 0 radical (unpaired) electrons. The second-order valence-corrected chi connectivity index (χ2v) is 2.44. The molecule has 3 heteroatoms. The van der Waals surface area contributed by atoms with E-state index < -0.39 is 0 Å². The van der Waals surface area contributed by atoms with Crippen molar-refractivity contribution in [3.63, 3.8) is 0 Å². The predicted molar refractivity (Wildman–Crippen MR) is 49.6 cm³/mol.